The summed E-state index contributed by atoms with van der Waals surface area (Å²) in [4.78, 5) is 29.2. The second-order valence-corrected chi connectivity index (χ2v) is 8.72. The lowest BCUT2D eigenvalue weighted by Crippen LogP contribution is -2.49. The molecule has 3 aromatic carbocycles. The average molecular weight is 472 g/mol. The highest BCUT2D eigenvalue weighted by atomic mass is 16.7. The fourth-order valence-corrected chi connectivity index (χ4v) is 5.33. The monoisotopic (exact) mass is 472 g/mol. The van der Waals surface area contributed by atoms with E-state index in [1.165, 1.54) is 0 Å². The molecule has 0 unspecified atom stereocenters. The number of carbonyl (C=O) groups is 2. The summed E-state index contributed by atoms with van der Waals surface area (Å²) in [5.74, 6) is 1.53. The number of methoxy groups -OCH3 is 2. The van der Waals surface area contributed by atoms with Crippen molar-refractivity contribution in [3.8, 4) is 23.0 Å². The fraction of sp³-hybridized carbons (Fsp3) is 0.259. The summed E-state index contributed by atoms with van der Waals surface area (Å²) < 4.78 is 21.9. The van der Waals surface area contributed by atoms with Crippen LogP contribution in [0.1, 0.15) is 39.0 Å². The Morgan fingerprint density at radius 2 is 1.74 bits per heavy atom. The molecule has 8 heteroatoms. The molecule has 3 heterocycles. The van der Waals surface area contributed by atoms with E-state index in [1.54, 1.807) is 43.4 Å². The maximum atomic E-state index is 13.9. The van der Waals surface area contributed by atoms with Gasteiger partial charge in [0.05, 0.1) is 26.2 Å². The summed E-state index contributed by atoms with van der Waals surface area (Å²) in [6.07, 6.45) is 0.663. The Bertz CT molecular complexity index is 1350. The number of hydrogen-bond donors (Lipinski definition) is 1. The summed E-state index contributed by atoms with van der Waals surface area (Å²) in [6, 6.07) is 16.0. The normalized spacial score (nSPS) is 19.4. The van der Waals surface area contributed by atoms with Crippen LogP contribution in [0.5, 0.6) is 23.0 Å². The number of ether oxygens (including phenoxy) is 4. The number of benzene rings is 3. The highest BCUT2D eigenvalue weighted by molar-refractivity contribution is 6.04. The van der Waals surface area contributed by atoms with Crippen LogP contribution in [0, 0.1) is 0 Å². The third kappa shape index (κ3) is 3.36. The third-order valence-electron chi connectivity index (χ3n) is 6.95. The van der Waals surface area contributed by atoms with Crippen LogP contribution in [0.25, 0.3) is 0 Å². The van der Waals surface area contributed by atoms with Gasteiger partial charge in [0.15, 0.2) is 23.0 Å². The van der Waals surface area contributed by atoms with Crippen molar-refractivity contribution in [3.05, 3.63) is 76.9 Å². The van der Waals surface area contributed by atoms with Gasteiger partial charge in [0.25, 0.3) is 5.91 Å². The van der Waals surface area contributed by atoms with E-state index in [9.17, 15) is 9.59 Å². The lowest BCUT2D eigenvalue weighted by atomic mass is 9.75. The molecule has 0 aromatic heterocycles. The minimum absolute atomic E-state index is 0.0711. The SMILES string of the molecule is COc1cc2c(cc1OC)[C@@H]1[C@@H](C(=O)Nc3ccc4c(c3)OCO4)c3ccccc3C(=O)N1CC2. The Morgan fingerprint density at radius 1 is 0.971 bits per heavy atom. The van der Waals surface area contributed by atoms with Gasteiger partial charge in [0, 0.05) is 23.9 Å². The van der Waals surface area contributed by atoms with Gasteiger partial charge in [-0.3, -0.25) is 9.59 Å². The molecule has 1 N–H and O–H groups in total. The van der Waals surface area contributed by atoms with Crippen molar-refractivity contribution in [2.75, 3.05) is 32.9 Å². The van der Waals surface area contributed by atoms with Crippen molar-refractivity contribution < 1.29 is 28.5 Å². The van der Waals surface area contributed by atoms with Crippen molar-refractivity contribution in [2.45, 2.75) is 18.4 Å². The van der Waals surface area contributed by atoms with Crippen LogP contribution in [-0.2, 0) is 11.2 Å². The molecule has 178 valence electrons. The van der Waals surface area contributed by atoms with Crippen LogP contribution < -0.4 is 24.3 Å². The molecule has 2 atom stereocenters. The largest absolute Gasteiger partial charge is 0.493 e. The van der Waals surface area contributed by atoms with Crippen molar-refractivity contribution in [3.63, 3.8) is 0 Å². The van der Waals surface area contributed by atoms with E-state index in [2.05, 4.69) is 5.32 Å². The van der Waals surface area contributed by atoms with Crippen molar-refractivity contribution in [1.82, 2.24) is 4.90 Å². The molecule has 6 rings (SSSR count). The summed E-state index contributed by atoms with van der Waals surface area (Å²) in [5, 5.41) is 3.04. The van der Waals surface area contributed by atoms with E-state index in [0.29, 0.717) is 52.8 Å². The number of amides is 2. The molecule has 0 saturated carbocycles. The Balaban J connectivity index is 1.46. The molecular weight excluding hydrogens is 448 g/mol. The van der Waals surface area contributed by atoms with Crippen LogP contribution >= 0.6 is 0 Å². The van der Waals surface area contributed by atoms with Crippen LogP contribution in [0.2, 0.25) is 0 Å². The van der Waals surface area contributed by atoms with Gasteiger partial charge in [-0.2, -0.15) is 0 Å². The predicted octanol–water partition coefficient (Wildman–Crippen LogP) is 3.91. The number of fused-ring (bicyclic) bond motifs is 5. The van der Waals surface area contributed by atoms with Gasteiger partial charge < -0.3 is 29.2 Å². The molecule has 3 aliphatic heterocycles. The predicted molar refractivity (Wildman–Crippen MR) is 127 cm³/mol. The first-order valence-corrected chi connectivity index (χ1v) is 11.4. The van der Waals surface area contributed by atoms with E-state index < -0.39 is 12.0 Å². The maximum absolute atomic E-state index is 13.9. The standard InChI is InChI=1S/C27H24N2O6/c1-32-21-11-15-9-10-29-25(19(15)13-22(21)33-2)24(17-5-3-4-6-18(17)27(29)31)26(30)28-16-7-8-20-23(12-16)35-14-34-20/h3-8,11-13,24-25H,9-10,14H2,1-2H3,(H,28,30)/t24-,25+/m0/s1. The van der Waals surface area contributed by atoms with Gasteiger partial charge in [0.2, 0.25) is 12.7 Å². The Labute approximate surface area is 202 Å². The Kier molecular flexibility index (Phi) is 5.02. The number of hydrogen-bond acceptors (Lipinski definition) is 6. The molecule has 3 aliphatic rings. The zero-order valence-electron chi connectivity index (χ0n) is 19.4. The fourth-order valence-electron chi connectivity index (χ4n) is 5.33. The van der Waals surface area contributed by atoms with Gasteiger partial charge in [-0.15, -0.1) is 0 Å². The van der Waals surface area contributed by atoms with Gasteiger partial charge in [-0.05, 0) is 53.4 Å². The maximum Gasteiger partial charge on any atom is 0.254 e. The minimum Gasteiger partial charge on any atom is -0.493 e. The summed E-state index contributed by atoms with van der Waals surface area (Å²) in [6.45, 7) is 0.665. The van der Waals surface area contributed by atoms with Crippen LogP contribution in [-0.4, -0.2) is 44.3 Å². The summed E-state index contributed by atoms with van der Waals surface area (Å²) in [5.41, 5.74) is 3.79. The highest BCUT2D eigenvalue weighted by Crippen LogP contribution is 2.48. The first-order valence-electron chi connectivity index (χ1n) is 11.4. The Morgan fingerprint density at radius 3 is 2.57 bits per heavy atom. The Hall–Kier alpha value is -4.20. The smallest absolute Gasteiger partial charge is 0.254 e. The first kappa shape index (κ1) is 21.3. The molecule has 0 spiro atoms. The molecule has 0 radical (unpaired) electrons. The van der Waals surface area contributed by atoms with Crippen LogP contribution in [0.15, 0.2) is 54.6 Å². The average Bonchev–Trinajstić information content (AvgIpc) is 3.36. The van der Waals surface area contributed by atoms with Crippen molar-refractivity contribution in [2.24, 2.45) is 0 Å². The molecule has 35 heavy (non-hydrogen) atoms. The van der Waals surface area contributed by atoms with E-state index in [0.717, 1.165) is 11.1 Å². The number of nitrogens with one attached hydrogen (secondary N) is 1. The minimum atomic E-state index is -0.619. The second-order valence-electron chi connectivity index (χ2n) is 8.72. The molecule has 8 nitrogen and oxygen atoms in total. The van der Waals surface area contributed by atoms with Crippen LogP contribution in [0.3, 0.4) is 0 Å². The van der Waals surface area contributed by atoms with E-state index >= 15 is 0 Å². The number of rotatable bonds is 4. The molecule has 2 amide bonds. The zero-order chi connectivity index (χ0) is 24.1. The van der Waals surface area contributed by atoms with E-state index in [4.69, 9.17) is 18.9 Å². The van der Waals surface area contributed by atoms with Gasteiger partial charge in [-0.25, -0.2) is 0 Å². The molecule has 3 aromatic rings. The van der Waals surface area contributed by atoms with Gasteiger partial charge in [0.1, 0.15) is 0 Å². The van der Waals surface area contributed by atoms with Crippen molar-refractivity contribution >= 4 is 17.5 Å². The molecule has 0 fully saturated rings. The summed E-state index contributed by atoms with van der Waals surface area (Å²) >= 11 is 0. The molecule has 0 aliphatic carbocycles. The first-order chi connectivity index (χ1) is 17.1. The molecule has 0 saturated heterocycles. The third-order valence-corrected chi connectivity index (χ3v) is 6.95. The van der Waals surface area contributed by atoms with Crippen molar-refractivity contribution in [1.29, 1.82) is 0 Å². The number of carbonyl (C=O) groups excluding carboxylic acids is 2. The zero-order valence-corrected chi connectivity index (χ0v) is 19.4. The lowest BCUT2D eigenvalue weighted by molar-refractivity contribution is -0.119. The molecular formula is C27H24N2O6. The lowest BCUT2D eigenvalue weighted by Gasteiger charge is -2.45. The van der Waals surface area contributed by atoms with Crippen LogP contribution in [0.4, 0.5) is 5.69 Å². The molecule has 0 bridgehead atoms. The summed E-state index contributed by atoms with van der Waals surface area (Å²) in [7, 11) is 3.18. The highest BCUT2D eigenvalue weighted by Gasteiger charge is 2.46. The number of nitrogens with zero attached hydrogens (tertiary/aromatic N) is 1. The number of anilines is 1. The van der Waals surface area contributed by atoms with Gasteiger partial charge >= 0.3 is 0 Å². The van der Waals surface area contributed by atoms with Gasteiger partial charge in [-0.1, -0.05) is 18.2 Å². The second kappa shape index (κ2) is 8.23. The van der Waals surface area contributed by atoms with E-state index in [1.807, 2.05) is 30.3 Å². The topological polar surface area (TPSA) is 86.3 Å². The van der Waals surface area contributed by atoms with E-state index in [-0.39, 0.29) is 18.6 Å². The quantitative estimate of drug-likeness (QED) is 0.620.